The molecule has 0 saturated carbocycles. The number of nitro groups is 1. The highest BCUT2D eigenvalue weighted by Gasteiger charge is 2.24. The Labute approximate surface area is 133 Å². The van der Waals surface area contributed by atoms with E-state index in [1.54, 1.807) is 6.07 Å². The van der Waals surface area contributed by atoms with E-state index in [2.05, 4.69) is 27.3 Å². The fourth-order valence-corrected chi connectivity index (χ4v) is 3.13. The van der Waals surface area contributed by atoms with E-state index in [-0.39, 0.29) is 17.3 Å². The number of likely N-dealkylation sites (N-methyl/N-ethyl adjacent to an activating group) is 1. The van der Waals surface area contributed by atoms with Crippen molar-refractivity contribution in [3.05, 3.63) is 34.0 Å². The molecule has 1 aromatic heterocycles. The highest BCUT2D eigenvalue weighted by molar-refractivity contribution is 6.05. The van der Waals surface area contributed by atoms with Crippen LogP contribution in [0.3, 0.4) is 0 Å². The van der Waals surface area contributed by atoms with Gasteiger partial charge in [0, 0.05) is 30.1 Å². The molecule has 3 rings (SSSR count). The lowest BCUT2D eigenvalue weighted by Crippen LogP contribution is -2.40. The summed E-state index contributed by atoms with van der Waals surface area (Å²) in [5, 5.41) is 21.0. The van der Waals surface area contributed by atoms with Gasteiger partial charge >= 0.3 is 0 Å². The van der Waals surface area contributed by atoms with Crippen molar-refractivity contribution in [2.75, 3.05) is 19.6 Å². The van der Waals surface area contributed by atoms with E-state index in [4.69, 9.17) is 0 Å². The van der Waals surface area contributed by atoms with Gasteiger partial charge in [0.2, 0.25) is 0 Å². The lowest BCUT2D eigenvalue weighted by Gasteiger charge is -2.22. The summed E-state index contributed by atoms with van der Waals surface area (Å²) in [4.78, 5) is 25.1. The topological polar surface area (TPSA) is 104 Å². The Morgan fingerprint density at radius 1 is 1.57 bits per heavy atom. The molecular weight excluding hydrogens is 298 g/mol. The van der Waals surface area contributed by atoms with E-state index in [0.717, 1.165) is 25.9 Å². The first kappa shape index (κ1) is 15.4. The molecule has 8 nitrogen and oxygen atoms in total. The van der Waals surface area contributed by atoms with Gasteiger partial charge in [0.15, 0.2) is 5.69 Å². The monoisotopic (exact) mass is 317 g/mol. The van der Waals surface area contributed by atoms with Gasteiger partial charge in [0.1, 0.15) is 0 Å². The fourth-order valence-electron chi connectivity index (χ4n) is 3.13. The van der Waals surface area contributed by atoms with Gasteiger partial charge in [-0.05, 0) is 32.0 Å². The van der Waals surface area contributed by atoms with Gasteiger partial charge in [-0.25, -0.2) is 0 Å². The van der Waals surface area contributed by atoms with E-state index in [1.807, 2.05) is 0 Å². The third-order valence-corrected chi connectivity index (χ3v) is 4.38. The SMILES string of the molecule is CCN1CCCC1CNC(=O)c1n[nH]c2ccc([N+](=O)[O-])cc12. The molecule has 1 amide bonds. The predicted octanol–water partition coefficient (Wildman–Crippen LogP) is 1.69. The molecule has 1 saturated heterocycles. The van der Waals surface area contributed by atoms with E-state index < -0.39 is 4.92 Å². The highest BCUT2D eigenvalue weighted by atomic mass is 16.6. The maximum absolute atomic E-state index is 12.4. The number of nitro benzene ring substituents is 1. The van der Waals surface area contributed by atoms with Crippen LogP contribution in [0.25, 0.3) is 10.9 Å². The second kappa shape index (κ2) is 6.33. The molecule has 2 N–H and O–H groups in total. The molecule has 1 unspecified atom stereocenters. The molecule has 0 bridgehead atoms. The number of benzene rings is 1. The van der Waals surface area contributed by atoms with Crippen LogP contribution in [0.4, 0.5) is 5.69 Å². The standard InChI is InChI=1S/C15H19N5O3/c1-2-19-7-3-4-11(19)9-16-15(21)14-12-8-10(20(22)23)5-6-13(12)17-18-14/h5-6,8,11H,2-4,7,9H2,1H3,(H,16,21)(H,17,18). The number of carbonyl (C=O) groups excluding carboxylic acids is 1. The number of amides is 1. The van der Waals surface area contributed by atoms with E-state index >= 15 is 0 Å². The van der Waals surface area contributed by atoms with Crippen LogP contribution in [0.15, 0.2) is 18.2 Å². The molecule has 23 heavy (non-hydrogen) atoms. The van der Waals surface area contributed by atoms with Crippen LogP contribution in [0, 0.1) is 10.1 Å². The van der Waals surface area contributed by atoms with Crippen molar-refractivity contribution in [2.24, 2.45) is 0 Å². The quantitative estimate of drug-likeness (QED) is 0.645. The van der Waals surface area contributed by atoms with E-state index in [9.17, 15) is 14.9 Å². The predicted molar refractivity (Wildman–Crippen MR) is 85.4 cm³/mol. The molecule has 2 aromatic rings. The Morgan fingerprint density at radius 3 is 3.13 bits per heavy atom. The number of nitrogens with one attached hydrogen (secondary N) is 2. The molecule has 1 aliphatic rings. The first-order valence-corrected chi connectivity index (χ1v) is 7.75. The molecule has 1 aliphatic heterocycles. The van der Waals surface area contributed by atoms with Crippen LogP contribution in [-0.4, -0.2) is 51.6 Å². The zero-order chi connectivity index (χ0) is 16.4. The van der Waals surface area contributed by atoms with Crippen molar-refractivity contribution in [3.8, 4) is 0 Å². The number of carbonyl (C=O) groups is 1. The summed E-state index contributed by atoms with van der Waals surface area (Å²) < 4.78 is 0. The van der Waals surface area contributed by atoms with Crippen molar-refractivity contribution in [3.63, 3.8) is 0 Å². The summed E-state index contributed by atoms with van der Waals surface area (Å²) in [5.74, 6) is -0.306. The average molecular weight is 317 g/mol. The minimum atomic E-state index is -0.480. The first-order valence-electron chi connectivity index (χ1n) is 7.75. The summed E-state index contributed by atoms with van der Waals surface area (Å²) in [6, 6.07) is 4.68. The van der Waals surface area contributed by atoms with Crippen molar-refractivity contribution in [1.29, 1.82) is 0 Å². The van der Waals surface area contributed by atoms with Crippen LogP contribution < -0.4 is 5.32 Å². The van der Waals surface area contributed by atoms with Gasteiger partial charge in [0.05, 0.1) is 10.4 Å². The lowest BCUT2D eigenvalue weighted by molar-refractivity contribution is -0.384. The van der Waals surface area contributed by atoms with Crippen LogP contribution in [0.5, 0.6) is 0 Å². The van der Waals surface area contributed by atoms with Gasteiger partial charge < -0.3 is 5.32 Å². The largest absolute Gasteiger partial charge is 0.349 e. The van der Waals surface area contributed by atoms with Crippen LogP contribution in [-0.2, 0) is 0 Å². The number of nitrogens with zero attached hydrogens (tertiary/aromatic N) is 3. The van der Waals surface area contributed by atoms with Gasteiger partial charge in [0.25, 0.3) is 11.6 Å². The van der Waals surface area contributed by atoms with Gasteiger partial charge in [-0.1, -0.05) is 6.92 Å². The number of hydrogen-bond donors (Lipinski definition) is 2. The molecule has 1 fully saturated rings. The first-order chi connectivity index (χ1) is 11.1. The minimum absolute atomic E-state index is 0.0547. The Balaban J connectivity index is 1.75. The second-order valence-corrected chi connectivity index (χ2v) is 5.69. The number of aromatic amines is 1. The molecule has 2 heterocycles. The Bertz CT molecular complexity index is 742. The molecule has 8 heteroatoms. The Morgan fingerprint density at radius 2 is 2.39 bits per heavy atom. The van der Waals surface area contributed by atoms with Crippen molar-refractivity contribution >= 4 is 22.5 Å². The smallest absolute Gasteiger partial charge is 0.272 e. The Hall–Kier alpha value is -2.48. The number of H-pyrrole nitrogens is 1. The van der Waals surface area contributed by atoms with Gasteiger partial charge in [-0.15, -0.1) is 0 Å². The molecule has 0 radical (unpaired) electrons. The highest BCUT2D eigenvalue weighted by Crippen LogP contribution is 2.22. The van der Waals surface area contributed by atoms with E-state index in [1.165, 1.54) is 12.1 Å². The number of fused-ring (bicyclic) bond motifs is 1. The molecular formula is C15H19N5O3. The number of rotatable bonds is 5. The summed E-state index contributed by atoms with van der Waals surface area (Å²) in [7, 11) is 0. The van der Waals surface area contributed by atoms with Crippen LogP contribution in [0.1, 0.15) is 30.3 Å². The molecule has 0 aliphatic carbocycles. The van der Waals surface area contributed by atoms with Gasteiger partial charge in [-0.2, -0.15) is 5.10 Å². The van der Waals surface area contributed by atoms with Crippen LogP contribution >= 0.6 is 0 Å². The zero-order valence-electron chi connectivity index (χ0n) is 12.9. The van der Waals surface area contributed by atoms with Gasteiger partial charge in [-0.3, -0.25) is 24.9 Å². The fraction of sp³-hybridized carbons (Fsp3) is 0.467. The normalized spacial score (nSPS) is 18.4. The maximum Gasteiger partial charge on any atom is 0.272 e. The lowest BCUT2D eigenvalue weighted by atomic mass is 10.1. The average Bonchev–Trinajstić information content (AvgIpc) is 3.18. The third-order valence-electron chi connectivity index (χ3n) is 4.38. The zero-order valence-corrected chi connectivity index (χ0v) is 12.9. The van der Waals surface area contributed by atoms with Crippen LogP contribution in [0.2, 0.25) is 0 Å². The number of likely N-dealkylation sites (tertiary alicyclic amines) is 1. The molecule has 122 valence electrons. The van der Waals surface area contributed by atoms with Crippen molar-refractivity contribution < 1.29 is 9.72 Å². The summed E-state index contributed by atoms with van der Waals surface area (Å²) in [5.41, 5.74) is 0.752. The van der Waals surface area contributed by atoms with Crippen molar-refractivity contribution in [2.45, 2.75) is 25.8 Å². The Kier molecular flexibility index (Phi) is 4.24. The van der Waals surface area contributed by atoms with Crippen molar-refractivity contribution in [1.82, 2.24) is 20.4 Å². The molecule has 1 atom stereocenters. The maximum atomic E-state index is 12.4. The third kappa shape index (κ3) is 3.02. The summed E-state index contributed by atoms with van der Waals surface area (Å²) in [6.07, 6.45) is 2.22. The molecule has 0 spiro atoms. The number of hydrogen-bond acceptors (Lipinski definition) is 5. The number of aromatic nitrogens is 2. The summed E-state index contributed by atoms with van der Waals surface area (Å²) >= 11 is 0. The summed E-state index contributed by atoms with van der Waals surface area (Å²) in [6.45, 7) is 4.71. The molecule has 1 aromatic carbocycles. The van der Waals surface area contributed by atoms with E-state index in [0.29, 0.717) is 23.5 Å². The minimum Gasteiger partial charge on any atom is -0.349 e. The number of non-ortho nitro benzene ring substituents is 1. The second-order valence-electron chi connectivity index (χ2n) is 5.69.